The van der Waals surface area contributed by atoms with Crippen LogP contribution in [0.15, 0.2) is 0 Å². The highest BCUT2D eigenvalue weighted by Crippen LogP contribution is 2.46. The fraction of sp³-hybridized carbons (Fsp3) is 0.857. The highest BCUT2D eigenvalue weighted by molar-refractivity contribution is 6.00. The molecular formula is C14H22O6. The highest BCUT2D eigenvalue weighted by Gasteiger charge is 2.58. The first-order valence-corrected chi connectivity index (χ1v) is 7.21. The van der Waals surface area contributed by atoms with Crippen LogP contribution in [0.25, 0.3) is 0 Å². The van der Waals surface area contributed by atoms with Gasteiger partial charge in [0, 0.05) is 12.8 Å². The average Bonchev–Trinajstić information content (AvgIpc) is 2.87. The molecule has 0 aromatic carbocycles. The molecule has 2 rings (SSSR count). The summed E-state index contributed by atoms with van der Waals surface area (Å²) in [5.41, 5.74) is -1.30. The van der Waals surface area contributed by atoms with Gasteiger partial charge in [0.05, 0.1) is 26.4 Å². The van der Waals surface area contributed by atoms with E-state index in [1.54, 1.807) is 13.8 Å². The van der Waals surface area contributed by atoms with Crippen LogP contribution in [-0.2, 0) is 28.5 Å². The van der Waals surface area contributed by atoms with Crippen LogP contribution >= 0.6 is 0 Å². The lowest BCUT2D eigenvalue weighted by Gasteiger charge is -2.42. The maximum Gasteiger partial charge on any atom is 0.323 e. The van der Waals surface area contributed by atoms with E-state index in [0.29, 0.717) is 13.0 Å². The molecule has 1 spiro atoms. The van der Waals surface area contributed by atoms with Crippen LogP contribution in [0.5, 0.6) is 0 Å². The van der Waals surface area contributed by atoms with Gasteiger partial charge in [0.2, 0.25) is 0 Å². The van der Waals surface area contributed by atoms with E-state index in [1.165, 1.54) is 0 Å². The molecule has 0 bridgehead atoms. The lowest BCUT2D eigenvalue weighted by atomic mass is 9.75. The zero-order chi connectivity index (χ0) is 14.6. The molecule has 114 valence electrons. The van der Waals surface area contributed by atoms with E-state index >= 15 is 0 Å². The Morgan fingerprint density at radius 3 is 2.10 bits per heavy atom. The normalized spacial score (nSPS) is 28.3. The molecular weight excluding hydrogens is 264 g/mol. The predicted molar refractivity (Wildman–Crippen MR) is 68.8 cm³/mol. The van der Waals surface area contributed by atoms with Crippen LogP contribution < -0.4 is 0 Å². The number of carbonyl (C=O) groups is 2. The molecule has 0 radical (unpaired) electrons. The predicted octanol–water partition coefficient (Wildman–Crippen LogP) is 1.42. The van der Waals surface area contributed by atoms with Crippen molar-refractivity contribution in [2.24, 2.45) is 5.41 Å². The molecule has 1 atom stereocenters. The van der Waals surface area contributed by atoms with Crippen molar-refractivity contribution in [1.82, 2.24) is 0 Å². The first kappa shape index (κ1) is 15.3. The molecule has 0 aromatic rings. The zero-order valence-corrected chi connectivity index (χ0v) is 12.1. The quantitative estimate of drug-likeness (QED) is 0.575. The molecule has 0 aliphatic carbocycles. The molecule has 0 saturated carbocycles. The minimum Gasteiger partial charge on any atom is -0.465 e. The molecule has 2 aliphatic heterocycles. The van der Waals surface area contributed by atoms with Gasteiger partial charge in [0.1, 0.15) is 0 Å². The summed E-state index contributed by atoms with van der Waals surface area (Å²) < 4.78 is 21.6. The standard InChI is InChI=1S/C14H22O6/c1-3-17-11(15)13(12(16)18-4-2)7-9-20-14(10-13)6-5-8-19-14/h3-10H2,1-2H3. The van der Waals surface area contributed by atoms with Crippen LogP contribution in [0, 0.1) is 5.41 Å². The van der Waals surface area contributed by atoms with Crippen molar-refractivity contribution in [2.45, 2.75) is 45.3 Å². The maximum absolute atomic E-state index is 12.3. The van der Waals surface area contributed by atoms with Gasteiger partial charge in [-0.3, -0.25) is 9.59 Å². The van der Waals surface area contributed by atoms with E-state index in [0.717, 1.165) is 6.42 Å². The monoisotopic (exact) mass is 286 g/mol. The summed E-state index contributed by atoms with van der Waals surface area (Å²) in [4.78, 5) is 24.7. The number of rotatable bonds is 4. The van der Waals surface area contributed by atoms with Gasteiger partial charge < -0.3 is 18.9 Å². The topological polar surface area (TPSA) is 71.1 Å². The molecule has 0 aromatic heterocycles. The third kappa shape index (κ3) is 2.67. The summed E-state index contributed by atoms with van der Waals surface area (Å²) in [5, 5.41) is 0. The molecule has 2 fully saturated rings. The third-order valence-electron chi connectivity index (χ3n) is 3.86. The van der Waals surface area contributed by atoms with Gasteiger partial charge in [0.15, 0.2) is 11.2 Å². The lowest BCUT2D eigenvalue weighted by molar-refractivity contribution is -0.259. The Bertz CT molecular complexity index is 354. The second kappa shape index (κ2) is 6.10. The first-order valence-electron chi connectivity index (χ1n) is 7.21. The van der Waals surface area contributed by atoms with Crippen LogP contribution in [0.2, 0.25) is 0 Å². The fourth-order valence-electron chi connectivity index (χ4n) is 2.91. The van der Waals surface area contributed by atoms with E-state index in [4.69, 9.17) is 18.9 Å². The lowest BCUT2D eigenvalue weighted by Crippen LogP contribution is -2.53. The minimum absolute atomic E-state index is 0.178. The Labute approximate surface area is 118 Å². The molecule has 2 aliphatic rings. The second-order valence-electron chi connectivity index (χ2n) is 5.16. The first-order chi connectivity index (χ1) is 9.58. The maximum atomic E-state index is 12.3. The van der Waals surface area contributed by atoms with Gasteiger partial charge >= 0.3 is 11.9 Å². The van der Waals surface area contributed by atoms with Crippen molar-refractivity contribution >= 4 is 11.9 Å². The van der Waals surface area contributed by atoms with E-state index in [9.17, 15) is 9.59 Å². The van der Waals surface area contributed by atoms with Crippen LogP contribution in [0.3, 0.4) is 0 Å². The molecule has 0 N–H and O–H groups in total. The molecule has 1 unspecified atom stereocenters. The van der Waals surface area contributed by atoms with Gasteiger partial charge in [-0.2, -0.15) is 0 Å². The molecule has 2 saturated heterocycles. The van der Waals surface area contributed by atoms with Gasteiger partial charge in [-0.15, -0.1) is 0 Å². The van der Waals surface area contributed by atoms with Gasteiger partial charge in [0.25, 0.3) is 0 Å². The SMILES string of the molecule is CCOC(=O)C1(C(=O)OCC)CCOC2(CCCO2)C1. The van der Waals surface area contributed by atoms with E-state index in [2.05, 4.69) is 0 Å². The van der Waals surface area contributed by atoms with Crippen molar-refractivity contribution in [1.29, 1.82) is 0 Å². The molecule has 20 heavy (non-hydrogen) atoms. The summed E-state index contributed by atoms with van der Waals surface area (Å²) in [6.07, 6.45) is 2.00. The largest absolute Gasteiger partial charge is 0.465 e. The summed E-state index contributed by atoms with van der Waals surface area (Å²) >= 11 is 0. The second-order valence-corrected chi connectivity index (χ2v) is 5.16. The highest BCUT2D eigenvalue weighted by atomic mass is 16.7. The fourth-order valence-corrected chi connectivity index (χ4v) is 2.91. The zero-order valence-electron chi connectivity index (χ0n) is 12.1. The average molecular weight is 286 g/mol. The van der Waals surface area contributed by atoms with Gasteiger partial charge in [-0.05, 0) is 26.7 Å². The number of carbonyl (C=O) groups excluding carboxylic acids is 2. The van der Waals surface area contributed by atoms with Crippen molar-refractivity contribution < 1.29 is 28.5 Å². The smallest absolute Gasteiger partial charge is 0.323 e. The molecule has 6 heteroatoms. The van der Waals surface area contributed by atoms with Crippen molar-refractivity contribution in [3.8, 4) is 0 Å². The Morgan fingerprint density at radius 2 is 1.60 bits per heavy atom. The minimum atomic E-state index is -1.30. The Balaban J connectivity index is 2.25. The van der Waals surface area contributed by atoms with Gasteiger partial charge in [-0.25, -0.2) is 0 Å². The Hall–Kier alpha value is -1.14. The van der Waals surface area contributed by atoms with E-state index in [-0.39, 0.29) is 32.7 Å². The third-order valence-corrected chi connectivity index (χ3v) is 3.86. The van der Waals surface area contributed by atoms with Crippen LogP contribution in [-0.4, -0.2) is 44.2 Å². The molecule has 2 heterocycles. The molecule has 0 amide bonds. The number of esters is 2. The van der Waals surface area contributed by atoms with Crippen molar-refractivity contribution in [2.75, 3.05) is 26.4 Å². The number of hydrogen-bond acceptors (Lipinski definition) is 6. The summed E-state index contributed by atoms with van der Waals surface area (Å²) in [6, 6.07) is 0. The molecule has 6 nitrogen and oxygen atoms in total. The summed E-state index contributed by atoms with van der Waals surface area (Å²) in [6.45, 7) is 4.78. The Kier molecular flexibility index (Phi) is 4.65. The van der Waals surface area contributed by atoms with E-state index < -0.39 is 23.1 Å². The van der Waals surface area contributed by atoms with Crippen LogP contribution in [0.1, 0.15) is 39.5 Å². The van der Waals surface area contributed by atoms with Crippen LogP contribution in [0.4, 0.5) is 0 Å². The van der Waals surface area contributed by atoms with Gasteiger partial charge in [-0.1, -0.05) is 0 Å². The van der Waals surface area contributed by atoms with Crippen molar-refractivity contribution in [3.05, 3.63) is 0 Å². The van der Waals surface area contributed by atoms with E-state index in [1.807, 2.05) is 0 Å². The van der Waals surface area contributed by atoms with Crippen molar-refractivity contribution in [3.63, 3.8) is 0 Å². The number of ether oxygens (including phenoxy) is 4. The number of hydrogen-bond donors (Lipinski definition) is 0. The summed E-state index contributed by atoms with van der Waals surface area (Å²) in [7, 11) is 0. The summed E-state index contributed by atoms with van der Waals surface area (Å²) in [5.74, 6) is -1.90. The Morgan fingerprint density at radius 1 is 1.00 bits per heavy atom.